The van der Waals surface area contributed by atoms with E-state index in [1.807, 2.05) is 59.0 Å². The van der Waals surface area contributed by atoms with Gasteiger partial charge in [0.05, 0.1) is 28.0 Å². The van der Waals surface area contributed by atoms with Crippen molar-refractivity contribution in [3.63, 3.8) is 0 Å². The van der Waals surface area contributed by atoms with Crippen molar-refractivity contribution in [3.05, 3.63) is 76.7 Å². The first-order valence-electron chi connectivity index (χ1n) is 11.0. The average Bonchev–Trinajstić information content (AvgIpc) is 3.49. The molecular weight excluding hydrogens is 450 g/mol. The van der Waals surface area contributed by atoms with Crippen molar-refractivity contribution in [1.82, 2.24) is 28.9 Å². The number of carbonyl (C=O) groups is 1. The van der Waals surface area contributed by atoms with Crippen LogP contribution in [0.2, 0.25) is 0 Å². The van der Waals surface area contributed by atoms with E-state index in [0.717, 1.165) is 24.2 Å². The van der Waals surface area contributed by atoms with Crippen LogP contribution in [-0.4, -0.2) is 40.6 Å². The molecule has 5 aromatic rings. The number of benzene rings is 2. The number of nitrogens with zero attached hydrogens (tertiary/aromatic N) is 6. The standard InChI is InChI=1S/C24H21N7O2S/c1-29-22(33)17-9-5-6-10-19(17)30-23(29)26-27-24(30)34-14-21(32)25-20-13-18(15-11-12-15)28-31(20)16-7-3-2-4-8-16/h2-10,13,15H,11-12,14H2,1H3,(H,25,32). The molecule has 0 unspecified atom stereocenters. The van der Waals surface area contributed by atoms with Crippen molar-refractivity contribution in [2.45, 2.75) is 23.9 Å². The van der Waals surface area contributed by atoms with Crippen molar-refractivity contribution in [2.75, 3.05) is 11.1 Å². The van der Waals surface area contributed by atoms with E-state index in [0.29, 0.717) is 33.6 Å². The van der Waals surface area contributed by atoms with Gasteiger partial charge in [-0.3, -0.25) is 18.6 Å². The minimum Gasteiger partial charge on any atom is -0.310 e. The molecule has 1 N–H and O–H groups in total. The second kappa shape index (κ2) is 8.14. The SMILES string of the molecule is Cn1c(=O)c2ccccc2n2c(SCC(=O)Nc3cc(C4CC4)nn3-c3ccccc3)nnc12. The molecule has 1 fully saturated rings. The fourth-order valence-corrected chi connectivity index (χ4v) is 4.79. The van der Waals surface area contributed by atoms with Crippen LogP contribution in [-0.2, 0) is 11.8 Å². The van der Waals surface area contributed by atoms with E-state index in [1.54, 1.807) is 17.8 Å². The third kappa shape index (κ3) is 3.56. The molecular formula is C24H21N7O2S. The Balaban J connectivity index is 1.27. The lowest BCUT2D eigenvalue weighted by Crippen LogP contribution is -2.20. The molecule has 0 bridgehead atoms. The van der Waals surface area contributed by atoms with Crippen molar-refractivity contribution in [3.8, 4) is 5.69 Å². The zero-order valence-corrected chi connectivity index (χ0v) is 19.2. The summed E-state index contributed by atoms with van der Waals surface area (Å²) in [6.07, 6.45) is 2.26. The molecule has 0 atom stereocenters. The second-order valence-electron chi connectivity index (χ2n) is 8.31. The van der Waals surface area contributed by atoms with E-state index in [4.69, 9.17) is 5.10 Å². The Hall–Kier alpha value is -3.92. The van der Waals surface area contributed by atoms with Gasteiger partial charge in [-0.25, -0.2) is 4.68 Å². The van der Waals surface area contributed by atoms with Gasteiger partial charge in [-0.1, -0.05) is 42.1 Å². The molecule has 0 radical (unpaired) electrons. The van der Waals surface area contributed by atoms with Crippen LogP contribution < -0.4 is 10.9 Å². The van der Waals surface area contributed by atoms with Crippen LogP contribution >= 0.6 is 11.8 Å². The third-order valence-corrected chi connectivity index (χ3v) is 6.85. The summed E-state index contributed by atoms with van der Waals surface area (Å²) in [6.45, 7) is 0. The number of para-hydroxylation sites is 2. The zero-order valence-electron chi connectivity index (χ0n) is 18.4. The second-order valence-corrected chi connectivity index (χ2v) is 9.25. The predicted molar refractivity (Wildman–Crippen MR) is 131 cm³/mol. The average molecular weight is 472 g/mol. The van der Waals surface area contributed by atoms with Crippen LogP contribution in [0.5, 0.6) is 0 Å². The summed E-state index contributed by atoms with van der Waals surface area (Å²) in [7, 11) is 1.67. The molecule has 1 amide bonds. The first-order valence-corrected chi connectivity index (χ1v) is 12.0. The molecule has 0 saturated heterocycles. The molecule has 3 aromatic heterocycles. The van der Waals surface area contributed by atoms with Crippen LogP contribution in [0.15, 0.2) is 70.6 Å². The maximum absolute atomic E-state index is 12.9. The van der Waals surface area contributed by atoms with Crippen molar-refractivity contribution in [2.24, 2.45) is 7.05 Å². The first-order chi connectivity index (χ1) is 16.6. The van der Waals surface area contributed by atoms with Crippen molar-refractivity contribution >= 4 is 40.2 Å². The maximum atomic E-state index is 12.9. The highest BCUT2D eigenvalue weighted by Gasteiger charge is 2.28. The van der Waals surface area contributed by atoms with Gasteiger partial charge in [0.1, 0.15) is 5.82 Å². The number of rotatable bonds is 6. The summed E-state index contributed by atoms with van der Waals surface area (Å²) < 4.78 is 5.07. The van der Waals surface area contributed by atoms with E-state index in [9.17, 15) is 9.59 Å². The molecule has 9 nitrogen and oxygen atoms in total. The van der Waals surface area contributed by atoms with E-state index >= 15 is 0 Å². The molecule has 2 aromatic carbocycles. The first kappa shape index (κ1) is 20.7. The van der Waals surface area contributed by atoms with Crippen LogP contribution in [0.25, 0.3) is 22.4 Å². The lowest BCUT2D eigenvalue weighted by atomic mass is 10.2. The predicted octanol–water partition coefficient (Wildman–Crippen LogP) is 3.38. The monoisotopic (exact) mass is 471 g/mol. The van der Waals surface area contributed by atoms with Gasteiger partial charge in [0.15, 0.2) is 5.16 Å². The highest BCUT2D eigenvalue weighted by atomic mass is 32.2. The number of aromatic nitrogens is 6. The number of hydrogen-bond acceptors (Lipinski definition) is 6. The normalized spacial score (nSPS) is 13.6. The Morgan fingerprint density at radius 2 is 1.85 bits per heavy atom. The fraction of sp³-hybridized carbons (Fsp3) is 0.208. The Morgan fingerprint density at radius 1 is 1.09 bits per heavy atom. The Bertz CT molecular complexity index is 1600. The fourth-order valence-electron chi connectivity index (χ4n) is 4.05. The summed E-state index contributed by atoms with van der Waals surface area (Å²) in [6, 6.07) is 19.1. The van der Waals surface area contributed by atoms with Gasteiger partial charge >= 0.3 is 0 Å². The minimum atomic E-state index is -0.171. The molecule has 34 heavy (non-hydrogen) atoms. The van der Waals surface area contributed by atoms with Gasteiger partial charge in [-0.15, -0.1) is 10.2 Å². The molecule has 1 aliphatic carbocycles. The zero-order chi connectivity index (χ0) is 23.2. The van der Waals surface area contributed by atoms with E-state index in [-0.39, 0.29) is 17.2 Å². The lowest BCUT2D eigenvalue weighted by molar-refractivity contribution is -0.113. The number of anilines is 1. The number of nitrogens with one attached hydrogen (secondary N) is 1. The van der Waals surface area contributed by atoms with Crippen LogP contribution in [0.3, 0.4) is 0 Å². The largest absolute Gasteiger partial charge is 0.310 e. The summed E-state index contributed by atoms with van der Waals surface area (Å²) >= 11 is 1.27. The Kier molecular flexibility index (Phi) is 4.95. The van der Waals surface area contributed by atoms with Crippen LogP contribution in [0.1, 0.15) is 24.5 Å². The highest BCUT2D eigenvalue weighted by Crippen LogP contribution is 2.40. The quantitative estimate of drug-likeness (QED) is 0.381. The van der Waals surface area contributed by atoms with Gasteiger partial charge < -0.3 is 5.32 Å². The van der Waals surface area contributed by atoms with Gasteiger partial charge in [0.2, 0.25) is 11.7 Å². The van der Waals surface area contributed by atoms with E-state index in [2.05, 4.69) is 15.5 Å². The van der Waals surface area contributed by atoms with Crippen LogP contribution in [0.4, 0.5) is 5.82 Å². The molecule has 0 spiro atoms. The molecule has 10 heteroatoms. The third-order valence-electron chi connectivity index (χ3n) is 5.92. The molecule has 170 valence electrons. The van der Waals surface area contributed by atoms with Gasteiger partial charge in [0.25, 0.3) is 5.56 Å². The molecule has 1 aliphatic rings. The lowest BCUT2D eigenvalue weighted by Gasteiger charge is -2.09. The van der Waals surface area contributed by atoms with Crippen molar-refractivity contribution < 1.29 is 4.79 Å². The maximum Gasteiger partial charge on any atom is 0.262 e. The van der Waals surface area contributed by atoms with E-state index < -0.39 is 0 Å². The number of carbonyl (C=O) groups excluding carboxylic acids is 1. The smallest absolute Gasteiger partial charge is 0.262 e. The molecule has 0 aliphatic heterocycles. The number of thioether (sulfide) groups is 1. The van der Waals surface area contributed by atoms with Gasteiger partial charge in [-0.2, -0.15) is 5.10 Å². The number of hydrogen-bond donors (Lipinski definition) is 1. The summed E-state index contributed by atoms with van der Waals surface area (Å²) in [5.74, 6) is 1.52. The number of fused-ring (bicyclic) bond motifs is 3. The molecule has 3 heterocycles. The topological polar surface area (TPSA) is 99.1 Å². The van der Waals surface area contributed by atoms with Gasteiger partial charge in [0, 0.05) is 19.0 Å². The van der Waals surface area contributed by atoms with Crippen molar-refractivity contribution in [1.29, 1.82) is 0 Å². The Labute approximate surface area is 198 Å². The van der Waals surface area contributed by atoms with Crippen LogP contribution in [0, 0.1) is 0 Å². The highest BCUT2D eigenvalue weighted by molar-refractivity contribution is 7.99. The number of amides is 1. The molecule has 1 saturated carbocycles. The minimum absolute atomic E-state index is 0.134. The Morgan fingerprint density at radius 3 is 2.65 bits per heavy atom. The van der Waals surface area contributed by atoms with E-state index in [1.165, 1.54) is 16.3 Å². The number of aryl methyl sites for hydroxylation is 1. The summed E-state index contributed by atoms with van der Waals surface area (Å²) in [4.78, 5) is 25.5. The molecule has 6 rings (SSSR count). The summed E-state index contributed by atoms with van der Waals surface area (Å²) in [5.41, 5.74) is 2.48. The van der Waals surface area contributed by atoms with Gasteiger partial charge in [-0.05, 0) is 37.1 Å². The summed E-state index contributed by atoms with van der Waals surface area (Å²) in [5, 5.41) is 17.3.